The summed E-state index contributed by atoms with van der Waals surface area (Å²) in [6.45, 7) is 0. The number of benzene rings is 2. The molecule has 0 fully saturated rings. The summed E-state index contributed by atoms with van der Waals surface area (Å²) >= 11 is 0. The van der Waals surface area contributed by atoms with Crippen LogP contribution in [-0.4, -0.2) is 31.3 Å². The van der Waals surface area contributed by atoms with E-state index in [0.717, 1.165) is 24.3 Å². The van der Waals surface area contributed by atoms with Crippen molar-refractivity contribution in [2.24, 2.45) is 0 Å². The Kier molecular flexibility index (Phi) is 2.92. The lowest BCUT2D eigenvalue weighted by Gasteiger charge is -2.06. The van der Waals surface area contributed by atoms with Gasteiger partial charge in [-0.2, -0.15) is 0 Å². The van der Waals surface area contributed by atoms with Crippen LogP contribution in [0.1, 0.15) is 15.9 Å². The highest BCUT2D eigenvalue weighted by molar-refractivity contribution is 6.09. The zero-order chi connectivity index (χ0) is 14.2. The van der Waals surface area contributed by atoms with Crippen molar-refractivity contribution in [3.05, 3.63) is 41.5 Å². The van der Waals surface area contributed by atoms with Gasteiger partial charge in [0.25, 0.3) is 0 Å². The van der Waals surface area contributed by atoms with Crippen LogP contribution in [0.4, 0.5) is 0 Å². The molecule has 98 valence electrons. The third-order valence-electron chi connectivity index (χ3n) is 2.57. The van der Waals surface area contributed by atoms with Crippen LogP contribution in [0.15, 0.2) is 30.3 Å². The van der Waals surface area contributed by atoms with Crippen molar-refractivity contribution >= 4 is 5.78 Å². The minimum absolute atomic E-state index is 0.0554. The first-order valence-electron chi connectivity index (χ1n) is 5.21. The zero-order valence-electron chi connectivity index (χ0n) is 9.53. The number of aromatic hydroxyl groups is 5. The number of carbonyl (C=O) groups excluding carboxylic acids is 1. The molecule has 0 saturated heterocycles. The molecule has 0 aromatic heterocycles. The van der Waals surface area contributed by atoms with Crippen LogP contribution in [0.3, 0.4) is 0 Å². The van der Waals surface area contributed by atoms with Crippen molar-refractivity contribution in [2.75, 3.05) is 0 Å². The fraction of sp³-hybridized carbons (Fsp3) is 0. The van der Waals surface area contributed by atoms with Crippen LogP contribution in [0.5, 0.6) is 28.7 Å². The summed E-state index contributed by atoms with van der Waals surface area (Å²) in [4.78, 5) is 12.0. The molecule has 6 nitrogen and oxygen atoms in total. The summed E-state index contributed by atoms with van der Waals surface area (Å²) in [5, 5.41) is 46.3. The van der Waals surface area contributed by atoms with Crippen LogP contribution < -0.4 is 0 Å². The van der Waals surface area contributed by atoms with E-state index in [0.29, 0.717) is 0 Å². The summed E-state index contributed by atoms with van der Waals surface area (Å²) in [6, 6.07) is 5.45. The average molecular weight is 262 g/mol. The molecule has 0 spiro atoms. The number of phenolic OH excluding ortho intramolecular Hbond substituents is 5. The molecule has 2 rings (SSSR count). The molecule has 5 N–H and O–H groups in total. The smallest absolute Gasteiger partial charge is 0.200 e. The first kappa shape index (κ1) is 12.6. The van der Waals surface area contributed by atoms with Crippen LogP contribution in [-0.2, 0) is 0 Å². The molecule has 0 aliphatic carbocycles. The molecule has 6 heteroatoms. The molecule has 0 aliphatic heterocycles. The molecule has 0 aliphatic rings. The fourth-order valence-electron chi connectivity index (χ4n) is 1.57. The highest BCUT2D eigenvalue weighted by atomic mass is 16.3. The van der Waals surface area contributed by atoms with E-state index in [9.17, 15) is 25.2 Å². The maximum absolute atomic E-state index is 12.0. The van der Waals surface area contributed by atoms with Gasteiger partial charge in [-0.1, -0.05) is 0 Å². The Labute approximate surface area is 107 Å². The Hall–Kier alpha value is -2.89. The number of carbonyl (C=O) groups is 1. The van der Waals surface area contributed by atoms with Crippen molar-refractivity contribution in [1.29, 1.82) is 0 Å². The fourth-order valence-corrected chi connectivity index (χ4v) is 1.57. The van der Waals surface area contributed by atoms with Crippen molar-refractivity contribution < 1.29 is 30.3 Å². The van der Waals surface area contributed by atoms with E-state index in [2.05, 4.69) is 0 Å². The van der Waals surface area contributed by atoms with Crippen molar-refractivity contribution in [2.45, 2.75) is 0 Å². The summed E-state index contributed by atoms with van der Waals surface area (Å²) in [6.07, 6.45) is 0. The van der Waals surface area contributed by atoms with Gasteiger partial charge in [0.2, 0.25) is 0 Å². The van der Waals surface area contributed by atoms with E-state index >= 15 is 0 Å². The number of ketones is 1. The van der Waals surface area contributed by atoms with E-state index in [4.69, 9.17) is 5.11 Å². The molecule has 0 amide bonds. The van der Waals surface area contributed by atoms with Gasteiger partial charge >= 0.3 is 0 Å². The average Bonchev–Trinajstić information content (AvgIpc) is 2.37. The summed E-state index contributed by atoms with van der Waals surface area (Å²) in [5.41, 5.74) is -0.0160. The summed E-state index contributed by atoms with van der Waals surface area (Å²) in [7, 11) is 0. The normalized spacial score (nSPS) is 10.3. The Bertz CT molecular complexity index is 639. The van der Waals surface area contributed by atoms with Gasteiger partial charge in [0, 0.05) is 11.1 Å². The maximum atomic E-state index is 12.0. The quantitative estimate of drug-likeness (QED) is 0.413. The lowest BCUT2D eigenvalue weighted by Crippen LogP contribution is -2.00. The molecule has 0 radical (unpaired) electrons. The molecule has 2 aromatic carbocycles. The van der Waals surface area contributed by atoms with E-state index < -0.39 is 28.8 Å². The van der Waals surface area contributed by atoms with Gasteiger partial charge in [-0.3, -0.25) is 4.79 Å². The molecule has 0 atom stereocenters. The van der Waals surface area contributed by atoms with Gasteiger partial charge in [0.15, 0.2) is 34.5 Å². The van der Waals surface area contributed by atoms with Crippen molar-refractivity contribution in [3.63, 3.8) is 0 Å². The Morgan fingerprint density at radius 3 is 1.74 bits per heavy atom. The van der Waals surface area contributed by atoms with Gasteiger partial charge in [0.05, 0.1) is 0 Å². The van der Waals surface area contributed by atoms with Crippen molar-refractivity contribution in [1.82, 2.24) is 0 Å². The van der Waals surface area contributed by atoms with E-state index in [-0.39, 0.29) is 16.9 Å². The molecule has 0 unspecified atom stereocenters. The maximum Gasteiger partial charge on any atom is 0.200 e. The van der Waals surface area contributed by atoms with Gasteiger partial charge < -0.3 is 25.5 Å². The predicted octanol–water partition coefficient (Wildman–Crippen LogP) is 1.45. The third kappa shape index (κ3) is 2.23. The Morgan fingerprint density at radius 1 is 0.684 bits per heavy atom. The van der Waals surface area contributed by atoms with Gasteiger partial charge in [-0.25, -0.2) is 0 Å². The van der Waals surface area contributed by atoms with Crippen LogP contribution >= 0.6 is 0 Å². The van der Waals surface area contributed by atoms with Crippen molar-refractivity contribution in [3.8, 4) is 28.7 Å². The van der Waals surface area contributed by atoms with Crippen LogP contribution in [0.25, 0.3) is 0 Å². The minimum atomic E-state index is -0.717. The highest BCUT2D eigenvalue weighted by Gasteiger charge is 2.16. The number of hydrogen-bond acceptors (Lipinski definition) is 6. The summed E-state index contributed by atoms with van der Waals surface area (Å²) in [5.74, 6) is -3.41. The summed E-state index contributed by atoms with van der Waals surface area (Å²) < 4.78 is 0. The monoisotopic (exact) mass is 262 g/mol. The second-order valence-electron chi connectivity index (χ2n) is 3.90. The first-order chi connectivity index (χ1) is 8.90. The molecule has 0 bridgehead atoms. The first-order valence-corrected chi connectivity index (χ1v) is 5.21. The molecular formula is C13H10O6. The lowest BCUT2D eigenvalue weighted by molar-refractivity contribution is 0.103. The molecule has 0 heterocycles. The molecule has 19 heavy (non-hydrogen) atoms. The highest BCUT2D eigenvalue weighted by Crippen LogP contribution is 2.36. The topological polar surface area (TPSA) is 118 Å². The van der Waals surface area contributed by atoms with Crippen LogP contribution in [0, 0.1) is 0 Å². The largest absolute Gasteiger partial charge is 0.504 e. The molecule has 2 aromatic rings. The minimum Gasteiger partial charge on any atom is -0.504 e. The third-order valence-corrected chi connectivity index (χ3v) is 2.57. The van der Waals surface area contributed by atoms with E-state index in [1.165, 1.54) is 6.07 Å². The standard InChI is InChI=1S/C13H10O6/c14-8-2-1-6(3-9(8)15)12(18)7-4-10(16)13(19)11(17)5-7/h1-5,14-17,19H. The van der Waals surface area contributed by atoms with Gasteiger partial charge in [-0.05, 0) is 30.3 Å². The Balaban J connectivity index is 2.47. The Morgan fingerprint density at radius 2 is 1.21 bits per heavy atom. The second kappa shape index (κ2) is 4.41. The second-order valence-corrected chi connectivity index (χ2v) is 3.90. The van der Waals surface area contributed by atoms with E-state index in [1.807, 2.05) is 0 Å². The predicted molar refractivity (Wildman–Crippen MR) is 64.6 cm³/mol. The number of rotatable bonds is 2. The zero-order valence-corrected chi connectivity index (χ0v) is 9.53. The van der Waals surface area contributed by atoms with Gasteiger partial charge in [-0.15, -0.1) is 0 Å². The number of hydrogen-bond donors (Lipinski definition) is 5. The molecule has 0 saturated carbocycles. The van der Waals surface area contributed by atoms with Crippen LogP contribution in [0.2, 0.25) is 0 Å². The van der Waals surface area contributed by atoms with E-state index in [1.54, 1.807) is 0 Å². The lowest BCUT2D eigenvalue weighted by atomic mass is 10.0. The SMILES string of the molecule is O=C(c1ccc(O)c(O)c1)c1cc(O)c(O)c(O)c1. The van der Waals surface area contributed by atoms with Gasteiger partial charge in [0.1, 0.15) is 0 Å². The number of phenols is 5. The molecular weight excluding hydrogens is 252 g/mol.